The van der Waals surface area contributed by atoms with Gasteiger partial charge in [0.15, 0.2) is 0 Å². The van der Waals surface area contributed by atoms with Gasteiger partial charge < -0.3 is 24.1 Å². The van der Waals surface area contributed by atoms with Crippen LogP contribution in [-0.4, -0.2) is 48.0 Å². The third-order valence-electron chi connectivity index (χ3n) is 1.78. The van der Waals surface area contributed by atoms with Crippen molar-refractivity contribution >= 4 is 0 Å². The topological polar surface area (TPSA) is 82.9 Å². The standard InChI is InChI=1S/C9H12N2O5/c12-9-15-5-3-13-7-1-2-10-8(11-7)14-4-6-16-9/h1-2,9,12H,3-6H2. The van der Waals surface area contributed by atoms with Crippen molar-refractivity contribution in [1.29, 1.82) is 0 Å². The number of aliphatic hydroxyl groups excluding tert-OH is 1. The second-order valence-electron chi connectivity index (χ2n) is 2.92. The average Bonchev–Trinajstić information content (AvgIpc) is 2.30. The van der Waals surface area contributed by atoms with Gasteiger partial charge in [-0.25, -0.2) is 4.98 Å². The molecule has 1 unspecified atom stereocenters. The van der Waals surface area contributed by atoms with E-state index in [9.17, 15) is 0 Å². The third kappa shape index (κ3) is 3.30. The Labute approximate surface area is 91.9 Å². The molecule has 2 heterocycles. The fourth-order valence-electron chi connectivity index (χ4n) is 1.10. The van der Waals surface area contributed by atoms with E-state index in [1.807, 2.05) is 0 Å². The zero-order valence-corrected chi connectivity index (χ0v) is 8.54. The van der Waals surface area contributed by atoms with E-state index in [1.165, 1.54) is 0 Å². The van der Waals surface area contributed by atoms with Gasteiger partial charge in [0.05, 0.1) is 13.2 Å². The number of rotatable bonds is 0. The SMILES string of the molecule is OC1OCCOc2ccnc(n2)OCCO1. The molecule has 7 nitrogen and oxygen atoms in total. The number of ether oxygens (including phenoxy) is 4. The Morgan fingerprint density at radius 3 is 2.69 bits per heavy atom. The summed E-state index contributed by atoms with van der Waals surface area (Å²) >= 11 is 0. The van der Waals surface area contributed by atoms with Gasteiger partial charge in [0.25, 0.3) is 6.48 Å². The van der Waals surface area contributed by atoms with Crippen molar-refractivity contribution < 1.29 is 24.1 Å². The molecule has 1 aromatic heterocycles. The van der Waals surface area contributed by atoms with Crippen LogP contribution in [0.15, 0.2) is 12.3 Å². The lowest BCUT2D eigenvalue weighted by atomic mass is 10.6. The second kappa shape index (κ2) is 5.59. The molecule has 1 N–H and O–H groups in total. The lowest BCUT2D eigenvalue weighted by Gasteiger charge is -2.14. The molecule has 0 spiro atoms. The maximum Gasteiger partial charge on any atom is 0.319 e. The van der Waals surface area contributed by atoms with Gasteiger partial charge in [0, 0.05) is 12.3 Å². The van der Waals surface area contributed by atoms with E-state index in [2.05, 4.69) is 9.97 Å². The first-order chi connectivity index (χ1) is 7.84. The van der Waals surface area contributed by atoms with Crippen molar-refractivity contribution in [2.45, 2.75) is 6.48 Å². The molecule has 0 amide bonds. The molecule has 1 atom stereocenters. The predicted octanol–water partition coefficient (Wildman–Crippen LogP) is -0.443. The summed E-state index contributed by atoms with van der Waals surface area (Å²) in [5.74, 6) is 0.407. The smallest absolute Gasteiger partial charge is 0.319 e. The monoisotopic (exact) mass is 228 g/mol. The summed E-state index contributed by atoms with van der Waals surface area (Å²) in [6.45, 7) is -0.372. The molecule has 88 valence electrons. The molecule has 1 aliphatic heterocycles. The fourth-order valence-corrected chi connectivity index (χ4v) is 1.10. The minimum atomic E-state index is -1.26. The Morgan fingerprint density at radius 2 is 1.88 bits per heavy atom. The van der Waals surface area contributed by atoms with Crippen LogP contribution in [0.4, 0.5) is 0 Å². The van der Waals surface area contributed by atoms with E-state index in [0.29, 0.717) is 5.88 Å². The molecule has 0 aliphatic carbocycles. The van der Waals surface area contributed by atoms with Crippen molar-refractivity contribution in [1.82, 2.24) is 9.97 Å². The number of nitrogens with zero attached hydrogens (tertiary/aromatic N) is 2. The van der Waals surface area contributed by atoms with Gasteiger partial charge in [0.1, 0.15) is 13.2 Å². The van der Waals surface area contributed by atoms with Crippen molar-refractivity contribution in [2.75, 3.05) is 26.4 Å². The molecule has 0 fully saturated rings. The molecule has 1 aromatic rings. The summed E-state index contributed by atoms with van der Waals surface area (Å²) in [5.41, 5.74) is 0. The predicted molar refractivity (Wildman–Crippen MR) is 50.9 cm³/mol. The zero-order valence-electron chi connectivity index (χ0n) is 8.54. The maximum atomic E-state index is 9.17. The normalized spacial score (nSPS) is 22.2. The van der Waals surface area contributed by atoms with E-state index >= 15 is 0 Å². The van der Waals surface area contributed by atoms with E-state index < -0.39 is 6.48 Å². The van der Waals surface area contributed by atoms with E-state index in [-0.39, 0.29) is 32.4 Å². The largest absolute Gasteiger partial charge is 0.475 e. The number of hydrogen-bond acceptors (Lipinski definition) is 7. The Kier molecular flexibility index (Phi) is 3.86. The quantitative estimate of drug-likeness (QED) is 0.644. The fraction of sp³-hybridized carbons (Fsp3) is 0.556. The average molecular weight is 228 g/mol. The summed E-state index contributed by atoms with van der Waals surface area (Å²) in [7, 11) is 0. The van der Waals surface area contributed by atoms with E-state index in [1.54, 1.807) is 12.3 Å². The molecule has 16 heavy (non-hydrogen) atoms. The Balaban J connectivity index is 2.00. The van der Waals surface area contributed by atoms with Gasteiger partial charge in [-0.3, -0.25) is 0 Å². The third-order valence-corrected chi connectivity index (χ3v) is 1.78. The van der Waals surface area contributed by atoms with E-state index in [4.69, 9.17) is 24.1 Å². The number of hydrogen-bond donors (Lipinski definition) is 1. The number of aromatic nitrogens is 2. The van der Waals surface area contributed by atoms with Crippen LogP contribution in [0.2, 0.25) is 0 Å². The maximum absolute atomic E-state index is 9.17. The molecule has 7 heteroatoms. The van der Waals surface area contributed by atoms with Crippen LogP contribution in [0.25, 0.3) is 0 Å². The molecule has 0 aromatic carbocycles. The van der Waals surface area contributed by atoms with Crippen LogP contribution in [-0.2, 0) is 9.47 Å². The molecular weight excluding hydrogens is 216 g/mol. The summed E-state index contributed by atoms with van der Waals surface area (Å²) in [6.07, 6.45) is 1.54. The van der Waals surface area contributed by atoms with E-state index in [0.717, 1.165) is 0 Å². The molecule has 0 saturated carbocycles. The van der Waals surface area contributed by atoms with Crippen molar-refractivity contribution in [3.05, 3.63) is 12.3 Å². The molecule has 1 aliphatic rings. The van der Waals surface area contributed by atoms with Gasteiger partial charge >= 0.3 is 6.01 Å². The van der Waals surface area contributed by atoms with Gasteiger partial charge in [-0.1, -0.05) is 0 Å². The van der Waals surface area contributed by atoms with Crippen LogP contribution in [0.5, 0.6) is 11.9 Å². The van der Waals surface area contributed by atoms with Gasteiger partial charge in [-0.05, 0) is 0 Å². The number of aliphatic hydroxyl groups is 1. The van der Waals surface area contributed by atoms with Crippen LogP contribution < -0.4 is 9.47 Å². The molecule has 2 rings (SSSR count). The van der Waals surface area contributed by atoms with Crippen LogP contribution in [0, 0.1) is 0 Å². The first-order valence-corrected chi connectivity index (χ1v) is 4.84. The minimum Gasteiger partial charge on any atom is -0.475 e. The van der Waals surface area contributed by atoms with Gasteiger partial charge in [-0.2, -0.15) is 4.98 Å². The van der Waals surface area contributed by atoms with Crippen LogP contribution >= 0.6 is 0 Å². The summed E-state index contributed by atoms with van der Waals surface area (Å²) < 4.78 is 20.2. The highest BCUT2D eigenvalue weighted by atomic mass is 16.8. The lowest BCUT2D eigenvalue weighted by molar-refractivity contribution is -0.266. The molecule has 2 bridgehead atoms. The highest BCUT2D eigenvalue weighted by Gasteiger charge is 2.07. The minimum absolute atomic E-state index is 0.190. The molecular formula is C9H12N2O5. The highest BCUT2D eigenvalue weighted by molar-refractivity contribution is 5.10. The first-order valence-electron chi connectivity index (χ1n) is 4.84. The Hall–Kier alpha value is -1.44. The molecule has 0 radical (unpaired) electrons. The van der Waals surface area contributed by atoms with Gasteiger partial charge in [-0.15, -0.1) is 0 Å². The van der Waals surface area contributed by atoms with Crippen molar-refractivity contribution in [2.24, 2.45) is 0 Å². The summed E-state index contributed by atoms with van der Waals surface area (Å²) in [4.78, 5) is 7.89. The first kappa shape index (κ1) is 11.1. The van der Waals surface area contributed by atoms with Gasteiger partial charge in [0.2, 0.25) is 5.88 Å². The van der Waals surface area contributed by atoms with Crippen molar-refractivity contribution in [3.63, 3.8) is 0 Å². The lowest BCUT2D eigenvalue weighted by Crippen LogP contribution is -2.23. The Bertz CT molecular complexity index is 308. The van der Waals surface area contributed by atoms with Crippen LogP contribution in [0.1, 0.15) is 0 Å². The zero-order chi connectivity index (χ0) is 11.2. The Morgan fingerprint density at radius 1 is 1.12 bits per heavy atom. The van der Waals surface area contributed by atoms with Crippen LogP contribution in [0.3, 0.4) is 0 Å². The molecule has 0 saturated heterocycles. The summed E-state index contributed by atoms with van der Waals surface area (Å²) in [6, 6.07) is 1.84. The number of fused-ring (bicyclic) bond motifs is 2. The summed E-state index contributed by atoms with van der Waals surface area (Å²) in [5, 5.41) is 9.17. The van der Waals surface area contributed by atoms with Crippen molar-refractivity contribution in [3.8, 4) is 11.9 Å². The highest BCUT2D eigenvalue weighted by Crippen LogP contribution is 2.10. The second-order valence-corrected chi connectivity index (χ2v) is 2.92.